The predicted molar refractivity (Wildman–Crippen MR) is 78.6 cm³/mol. The van der Waals surface area contributed by atoms with Crippen molar-refractivity contribution in [1.29, 1.82) is 0 Å². The first-order valence-electron chi connectivity index (χ1n) is 7.98. The molecule has 116 valence electrons. The molecule has 2 aliphatic carbocycles. The summed E-state index contributed by atoms with van der Waals surface area (Å²) in [5.41, 5.74) is -0.299. The maximum Gasteiger partial charge on any atom is 0.306 e. The molecule has 1 atom stereocenters. The smallest absolute Gasteiger partial charge is 0.306 e. The first-order valence-corrected chi connectivity index (χ1v) is 7.98. The van der Waals surface area contributed by atoms with Crippen LogP contribution >= 0.6 is 0 Å². The molecular weight excluding hydrogens is 254 g/mol. The van der Waals surface area contributed by atoms with E-state index >= 15 is 0 Å². The maximum atomic E-state index is 10.9. The molecule has 0 spiro atoms. The van der Waals surface area contributed by atoms with E-state index in [0.717, 1.165) is 0 Å². The van der Waals surface area contributed by atoms with Crippen molar-refractivity contribution >= 4 is 5.97 Å². The van der Waals surface area contributed by atoms with Crippen molar-refractivity contribution in [2.24, 2.45) is 11.3 Å². The number of carboxylic acids is 1. The second kappa shape index (κ2) is 6.02. The van der Waals surface area contributed by atoms with Crippen LogP contribution in [0.3, 0.4) is 0 Å². The highest BCUT2D eigenvalue weighted by molar-refractivity contribution is 5.70. The highest BCUT2D eigenvalue weighted by Gasteiger charge is 2.36. The molecule has 1 unspecified atom stereocenters. The quantitative estimate of drug-likeness (QED) is 0.741. The van der Waals surface area contributed by atoms with E-state index in [1.807, 2.05) is 0 Å². The molecule has 0 aromatic rings. The van der Waals surface area contributed by atoms with Crippen molar-refractivity contribution in [3.05, 3.63) is 0 Å². The minimum absolute atomic E-state index is 0.260. The lowest BCUT2D eigenvalue weighted by Gasteiger charge is -2.39. The minimum atomic E-state index is -0.714. The standard InChI is InChI=1S/C16H29NO3/c1-15(2)7-3-4-13(10-15)17-11-16(20)8-5-12(6-9-16)14(18)19/h12-13,17,20H,3-11H2,1-2H3,(H,18,19). The Morgan fingerprint density at radius 2 is 1.85 bits per heavy atom. The Kier molecular flexibility index (Phi) is 4.75. The van der Waals surface area contributed by atoms with Gasteiger partial charge in [0.1, 0.15) is 0 Å². The monoisotopic (exact) mass is 283 g/mol. The van der Waals surface area contributed by atoms with Crippen LogP contribution in [0.15, 0.2) is 0 Å². The van der Waals surface area contributed by atoms with E-state index in [1.54, 1.807) is 0 Å². The van der Waals surface area contributed by atoms with Gasteiger partial charge in [0, 0.05) is 12.6 Å². The Morgan fingerprint density at radius 1 is 1.20 bits per heavy atom. The molecule has 4 nitrogen and oxygen atoms in total. The summed E-state index contributed by atoms with van der Waals surface area (Å²) in [6.07, 6.45) is 7.31. The molecule has 0 bridgehead atoms. The SMILES string of the molecule is CC1(C)CCCC(NCC2(O)CCC(C(=O)O)CC2)C1. The lowest BCUT2D eigenvalue weighted by Crippen LogP contribution is -2.48. The zero-order valence-electron chi connectivity index (χ0n) is 12.8. The van der Waals surface area contributed by atoms with E-state index in [1.165, 1.54) is 25.7 Å². The van der Waals surface area contributed by atoms with Gasteiger partial charge < -0.3 is 15.5 Å². The van der Waals surface area contributed by atoms with E-state index < -0.39 is 11.6 Å². The summed E-state index contributed by atoms with van der Waals surface area (Å²) in [5.74, 6) is -0.974. The van der Waals surface area contributed by atoms with E-state index in [-0.39, 0.29) is 5.92 Å². The number of carbonyl (C=O) groups is 1. The molecule has 3 N–H and O–H groups in total. The Balaban J connectivity index is 1.77. The summed E-state index contributed by atoms with van der Waals surface area (Å²) >= 11 is 0. The minimum Gasteiger partial charge on any atom is -0.481 e. The third-order valence-corrected chi connectivity index (χ3v) is 5.19. The lowest BCUT2D eigenvalue weighted by atomic mass is 9.74. The predicted octanol–water partition coefficient (Wildman–Crippen LogP) is 2.55. The Morgan fingerprint density at radius 3 is 2.40 bits per heavy atom. The summed E-state index contributed by atoms with van der Waals surface area (Å²) in [7, 11) is 0. The highest BCUT2D eigenvalue weighted by atomic mass is 16.4. The van der Waals surface area contributed by atoms with Crippen LogP contribution in [-0.2, 0) is 4.79 Å². The second-order valence-corrected chi connectivity index (χ2v) is 7.68. The molecule has 0 radical (unpaired) electrons. The van der Waals surface area contributed by atoms with Crippen LogP contribution in [0.25, 0.3) is 0 Å². The van der Waals surface area contributed by atoms with Gasteiger partial charge in [-0.15, -0.1) is 0 Å². The van der Waals surface area contributed by atoms with Gasteiger partial charge in [-0.1, -0.05) is 20.3 Å². The van der Waals surface area contributed by atoms with Crippen LogP contribution in [0.5, 0.6) is 0 Å². The molecule has 2 aliphatic rings. The third-order valence-electron chi connectivity index (χ3n) is 5.19. The zero-order valence-corrected chi connectivity index (χ0v) is 12.8. The molecule has 2 saturated carbocycles. The van der Waals surface area contributed by atoms with E-state index in [9.17, 15) is 9.90 Å². The molecule has 0 saturated heterocycles. The van der Waals surface area contributed by atoms with E-state index in [2.05, 4.69) is 19.2 Å². The normalized spacial score (nSPS) is 37.5. The Labute approximate surface area is 122 Å². The average Bonchev–Trinajstić information content (AvgIpc) is 2.36. The topological polar surface area (TPSA) is 69.6 Å². The zero-order chi connectivity index (χ0) is 14.8. The van der Waals surface area contributed by atoms with Gasteiger partial charge in [0.25, 0.3) is 0 Å². The summed E-state index contributed by atoms with van der Waals surface area (Å²) in [5, 5.41) is 23.1. The molecule has 2 fully saturated rings. The van der Waals surface area contributed by atoms with Gasteiger partial charge in [0.15, 0.2) is 0 Å². The number of carboxylic acid groups (broad SMARTS) is 1. The summed E-state index contributed by atoms with van der Waals surface area (Å²) in [4.78, 5) is 10.9. The van der Waals surface area contributed by atoms with Gasteiger partial charge in [-0.25, -0.2) is 0 Å². The third kappa shape index (κ3) is 4.19. The fourth-order valence-electron chi connectivity index (χ4n) is 3.79. The fraction of sp³-hybridized carbons (Fsp3) is 0.938. The van der Waals surface area contributed by atoms with Crippen molar-refractivity contribution in [1.82, 2.24) is 5.32 Å². The van der Waals surface area contributed by atoms with Crippen LogP contribution in [-0.4, -0.2) is 34.4 Å². The molecule has 0 aliphatic heterocycles. The second-order valence-electron chi connectivity index (χ2n) is 7.68. The number of hydrogen-bond acceptors (Lipinski definition) is 3. The van der Waals surface area contributed by atoms with Gasteiger partial charge in [-0.05, 0) is 50.4 Å². The van der Waals surface area contributed by atoms with Gasteiger partial charge in [-0.3, -0.25) is 4.79 Å². The van der Waals surface area contributed by atoms with E-state index in [4.69, 9.17) is 5.11 Å². The number of rotatable bonds is 4. The highest BCUT2D eigenvalue weighted by Crippen LogP contribution is 2.36. The van der Waals surface area contributed by atoms with Gasteiger partial charge in [0.2, 0.25) is 0 Å². The van der Waals surface area contributed by atoms with Gasteiger partial charge >= 0.3 is 5.97 Å². The van der Waals surface area contributed by atoms with Crippen LogP contribution < -0.4 is 5.32 Å². The first-order chi connectivity index (χ1) is 9.30. The van der Waals surface area contributed by atoms with Gasteiger partial charge in [0.05, 0.1) is 11.5 Å². The maximum absolute atomic E-state index is 10.9. The number of aliphatic carboxylic acids is 1. The van der Waals surface area contributed by atoms with Crippen molar-refractivity contribution < 1.29 is 15.0 Å². The Bertz CT molecular complexity index is 346. The van der Waals surface area contributed by atoms with Crippen molar-refractivity contribution in [2.75, 3.05) is 6.54 Å². The summed E-state index contributed by atoms with van der Waals surface area (Å²) in [6, 6.07) is 0.500. The molecule has 4 heteroatoms. The van der Waals surface area contributed by atoms with Crippen LogP contribution in [0.1, 0.15) is 65.2 Å². The average molecular weight is 283 g/mol. The molecule has 2 rings (SSSR count). The largest absolute Gasteiger partial charge is 0.481 e. The lowest BCUT2D eigenvalue weighted by molar-refractivity contribution is -0.144. The molecule has 0 heterocycles. The van der Waals surface area contributed by atoms with E-state index in [0.29, 0.717) is 43.7 Å². The molecule has 20 heavy (non-hydrogen) atoms. The number of hydrogen-bond donors (Lipinski definition) is 3. The van der Waals surface area contributed by atoms with Crippen LogP contribution in [0.2, 0.25) is 0 Å². The van der Waals surface area contributed by atoms with Crippen LogP contribution in [0.4, 0.5) is 0 Å². The van der Waals surface area contributed by atoms with Crippen LogP contribution in [0, 0.1) is 11.3 Å². The summed E-state index contributed by atoms with van der Waals surface area (Å²) in [6.45, 7) is 5.24. The van der Waals surface area contributed by atoms with Crippen molar-refractivity contribution in [3.63, 3.8) is 0 Å². The molecule has 0 amide bonds. The van der Waals surface area contributed by atoms with Crippen molar-refractivity contribution in [2.45, 2.75) is 76.9 Å². The molecule has 0 aromatic heterocycles. The Hall–Kier alpha value is -0.610. The number of aliphatic hydroxyl groups is 1. The fourth-order valence-corrected chi connectivity index (χ4v) is 3.79. The summed E-state index contributed by atoms with van der Waals surface area (Å²) < 4.78 is 0. The molecular formula is C16H29NO3. The first kappa shape index (κ1) is 15.8. The molecule has 0 aromatic carbocycles. The van der Waals surface area contributed by atoms with Crippen molar-refractivity contribution in [3.8, 4) is 0 Å². The van der Waals surface area contributed by atoms with Gasteiger partial charge in [-0.2, -0.15) is 0 Å². The number of nitrogens with one attached hydrogen (secondary N) is 1.